The van der Waals surface area contributed by atoms with Crippen LogP contribution < -0.4 is 0 Å². The number of carboxylic acid groups (broad SMARTS) is 1. The van der Waals surface area contributed by atoms with Crippen molar-refractivity contribution in [1.29, 1.82) is 0 Å². The van der Waals surface area contributed by atoms with Crippen LogP contribution in [0.3, 0.4) is 0 Å². The molecule has 2 aliphatic rings. The third-order valence-corrected chi connectivity index (χ3v) is 4.84. The van der Waals surface area contributed by atoms with Gasteiger partial charge in [0.05, 0.1) is 19.3 Å². The fraction of sp³-hybridized carbons (Fsp3) is 0.556. The molecule has 1 amide bonds. The zero-order valence-electron chi connectivity index (χ0n) is 14.5. The normalized spacial score (nSPS) is 25.4. The summed E-state index contributed by atoms with van der Waals surface area (Å²) in [7, 11) is 1.69. The molecule has 1 aromatic rings. The lowest BCUT2D eigenvalue weighted by Gasteiger charge is -2.34. The van der Waals surface area contributed by atoms with Gasteiger partial charge in [-0.05, 0) is 31.0 Å². The molecule has 3 unspecified atom stereocenters. The molecule has 0 spiro atoms. The van der Waals surface area contributed by atoms with E-state index in [1.54, 1.807) is 16.8 Å². The number of carboxylic acids is 1. The van der Waals surface area contributed by atoms with Crippen molar-refractivity contribution in [3.8, 4) is 0 Å². The van der Waals surface area contributed by atoms with E-state index in [1.165, 1.54) is 12.1 Å². The van der Waals surface area contributed by atoms with Crippen LogP contribution in [0.4, 0.5) is 8.78 Å². The standard InChI is InChI=1S/C18H22F2N2O4/c1-21(10-17(23)24)8-12-9-22(4-5-26-12)18(25)15-7-14(15)13-3-2-11(19)6-16(13)20/h2-3,6,12,14-15H,4-5,7-10H2,1H3,(H,23,24). The largest absolute Gasteiger partial charge is 0.480 e. The third kappa shape index (κ3) is 4.37. The average Bonchev–Trinajstić information content (AvgIpc) is 3.34. The Balaban J connectivity index is 1.56. The first kappa shape index (κ1) is 18.7. The Bertz CT molecular complexity index is 700. The number of hydrogen-bond donors (Lipinski definition) is 1. The number of halogens is 2. The van der Waals surface area contributed by atoms with Crippen LogP contribution in [-0.4, -0.2) is 72.7 Å². The van der Waals surface area contributed by atoms with Crippen molar-refractivity contribution in [3.05, 3.63) is 35.4 Å². The van der Waals surface area contributed by atoms with Gasteiger partial charge in [-0.25, -0.2) is 8.78 Å². The highest BCUT2D eigenvalue weighted by Crippen LogP contribution is 2.49. The van der Waals surface area contributed by atoms with Crippen molar-refractivity contribution >= 4 is 11.9 Å². The number of ether oxygens (including phenoxy) is 1. The highest BCUT2D eigenvalue weighted by molar-refractivity contribution is 5.83. The molecule has 6 nitrogen and oxygen atoms in total. The summed E-state index contributed by atoms with van der Waals surface area (Å²) in [6, 6.07) is 3.46. The third-order valence-electron chi connectivity index (χ3n) is 4.84. The molecule has 0 aromatic heterocycles. The molecule has 1 heterocycles. The number of morpholine rings is 1. The molecule has 1 aromatic carbocycles. The van der Waals surface area contributed by atoms with Gasteiger partial charge in [-0.3, -0.25) is 14.5 Å². The van der Waals surface area contributed by atoms with Crippen LogP contribution >= 0.6 is 0 Å². The van der Waals surface area contributed by atoms with Gasteiger partial charge in [0.1, 0.15) is 11.6 Å². The molecule has 2 fully saturated rings. The predicted octanol–water partition coefficient (Wildman–Crippen LogP) is 1.31. The molecule has 8 heteroatoms. The second-order valence-electron chi connectivity index (χ2n) is 6.98. The molecule has 142 valence electrons. The number of nitrogens with zero attached hydrogens (tertiary/aromatic N) is 2. The minimum absolute atomic E-state index is 0.0482. The summed E-state index contributed by atoms with van der Waals surface area (Å²) in [5.41, 5.74) is 0.385. The van der Waals surface area contributed by atoms with Crippen LogP contribution in [-0.2, 0) is 14.3 Å². The van der Waals surface area contributed by atoms with E-state index in [4.69, 9.17) is 9.84 Å². The maximum Gasteiger partial charge on any atom is 0.317 e. The zero-order valence-corrected chi connectivity index (χ0v) is 14.5. The minimum atomic E-state index is -0.918. The van der Waals surface area contributed by atoms with Gasteiger partial charge in [0.25, 0.3) is 0 Å². The lowest BCUT2D eigenvalue weighted by Crippen LogP contribution is -2.50. The van der Waals surface area contributed by atoms with E-state index in [1.807, 2.05) is 0 Å². The number of rotatable bonds is 6. The Labute approximate surface area is 150 Å². The summed E-state index contributed by atoms with van der Waals surface area (Å²) >= 11 is 0. The maximum absolute atomic E-state index is 13.9. The average molecular weight is 368 g/mol. The van der Waals surface area contributed by atoms with Gasteiger partial charge in [0.2, 0.25) is 5.91 Å². The van der Waals surface area contributed by atoms with Crippen LogP contribution in [0.25, 0.3) is 0 Å². The lowest BCUT2D eigenvalue weighted by molar-refractivity contribution is -0.143. The molecule has 1 saturated heterocycles. The first-order valence-corrected chi connectivity index (χ1v) is 8.61. The molecule has 1 N–H and O–H groups in total. The summed E-state index contributed by atoms with van der Waals surface area (Å²) in [5, 5.41) is 8.81. The quantitative estimate of drug-likeness (QED) is 0.820. The van der Waals surface area contributed by atoms with E-state index in [0.717, 1.165) is 6.07 Å². The van der Waals surface area contributed by atoms with Crippen LogP contribution in [0, 0.1) is 17.6 Å². The van der Waals surface area contributed by atoms with E-state index < -0.39 is 17.6 Å². The van der Waals surface area contributed by atoms with Gasteiger partial charge in [0.15, 0.2) is 0 Å². The lowest BCUT2D eigenvalue weighted by atomic mass is 10.1. The number of carbonyl (C=O) groups is 2. The Kier molecular flexibility index (Phi) is 5.52. The highest BCUT2D eigenvalue weighted by Gasteiger charge is 2.47. The van der Waals surface area contributed by atoms with Gasteiger partial charge in [-0.2, -0.15) is 0 Å². The molecule has 0 radical (unpaired) electrons. The van der Waals surface area contributed by atoms with Gasteiger partial charge in [0, 0.05) is 31.6 Å². The molecule has 0 bridgehead atoms. The molecule has 1 aliphatic heterocycles. The topological polar surface area (TPSA) is 70.1 Å². The summed E-state index contributed by atoms with van der Waals surface area (Å²) in [5.74, 6) is -2.70. The second kappa shape index (κ2) is 7.67. The molecule has 3 atom stereocenters. The summed E-state index contributed by atoms with van der Waals surface area (Å²) in [4.78, 5) is 26.8. The summed E-state index contributed by atoms with van der Waals surface area (Å²) < 4.78 is 32.6. The molecular weight excluding hydrogens is 346 g/mol. The Morgan fingerprint density at radius 1 is 1.38 bits per heavy atom. The van der Waals surface area contributed by atoms with Gasteiger partial charge in [-0.1, -0.05) is 6.07 Å². The van der Waals surface area contributed by atoms with Crippen molar-refractivity contribution in [2.24, 2.45) is 5.92 Å². The first-order valence-electron chi connectivity index (χ1n) is 8.61. The van der Waals surface area contributed by atoms with E-state index in [0.29, 0.717) is 38.2 Å². The number of likely N-dealkylation sites (N-methyl/N-ethyl adjacent to an activating group) is 1. The van der Waals surface area contributed by atoms with Crippen molar-refractivity contribution in [1.82, 2.24) is 9.80 Å². The number of carbonyl (C=O) groups excluding carboxylic acids is 1. The SMILES string of the molecule is CN(CC(=O)O)CC1CN(C(=O)C2CC2c2ccc(F)cc2F)CCO1. The van der Waals surface area contributed by atoms with Crippen molar-refractivity contribution in [3.63, 3.8) is 0 Å². The molecule has 1 aliphatic carbocycles. The zero-order chi connectivity index (χ0) is 18.8. The second-order valence-corrected chi connectivity index (χ2v) is 6.98. The predicted molar refractivity (Wildman–Crippen MR) is 88.7 cm³/mol. The molecular formula is C18H22F2N2O4. The number of benzene rings is 1. The number of aliphatic carboxylic acids is 1. The smallest absolute Gasteiger partial charge is 0.317 e. The van der Waals surface area contributed by atoms with E-state index in [2.05, 4.69) is 0 Å². The van der Waals surface area contributed by atoms with Crippen molar-refractivity contribution in [2.45, 2.75) is 18.4 Å². The number of amides is 1. The fourth-order valence-corrected chi connectivity index (χ4v) is 3.52. The number of hydrogen-bond acceptors (Lipinski definition) is 4. The van der Waals surface area contributed by atoms with E-state index in [9.17, 15) is 18.4 Å². The van der Waals surface area contributed by atoms with Crippen LogP contribution in [0.1, 0.15) is 17.9 Å². The van der Waals surface area contributed by atoms with E-state index >= 15 is 0 Å². The monoisotopic (exact) mass is 368 g/mol. The van der Waals surface area contributed by atoms with Crippen LogP contribution in [0.5, 0.6) is 0 Å². The fourth-order valence-electron chi connectivity index (χ4n) is 3.52. The van der Waals surface area contributed by atoms with Gasteiger partial charge < -0.3 is 14.7 Å². The molecule has 3 rings (SSSR count). The summed E-state index contributed by atoms with van der Waals surface area (Å²) in [6.45, 7) is 1.56. The Morgan fingerprint density at radius 2 is 2.15 bits per heavy atom. The maximum atomic E-state index is 13.9. The van der Waals surface area contributed by atoms with E-state index in [-0.39, 0.29) is 30.4 Å². The first-order chi connectivity index (χ1) is 12.3. The minimum Gasteiger partial charge on any atom is -0.480 e. The van der Waals surface area contributed by atoms with Gasteiger partial charge in [-0.15, -0.1) is 0 Å². The van der Waals surface area contributed by atoms with Crippen molar-refractivity contribution in [2.75, 3.05) is 39.8 Å². The molecule has 1 saturated carbocycles. The Hall–Kier alpha value is -2.06. The summed E-state index contributed by atoms with van der Waals surface area (Å²) in [6.07, 6.45) is 0.305. The van der Waals surface area contributed by atoms with Crippen LogP contribution in [0.15, 0.2) is 18.2 Å². The highest BCUT2D eigenvalue weighted by atomic mass is 19.1. The Morgan fingerprint density at radius 3 is 2.85 bits per heavy atom. The molecule has 26 heavy (non-hydrogen) atoms. The van der Waals surface area contributed by atoms with Gasteiger partial charge >= 0.3 is 5.97 Å². The van der Waals surface area contributed by atoms with Crippen LogP contribution in [0.2, 0.25) is 0 Å². The van der Waals surface area contributed by atoms with Crippen molar-refractivity contribution < 1.29 is 28.2 Å².